The molecule has 168 valence electrons. The Labute approximate surface area is 193 Å². The maximum absolute atomic E-state index is 12.7. The minimum atomic E-state index is 0.0420. The first-order valence-corrected chi connectivity index (χ1v) is 11.4. The standard InChI is InChI=1S/C24H29N5O2S/c1-31-21-11-9-19(10-12-21)23-26-27-24(32)29(23)15-13-22(30)25-20-8-5-14-28(17-20)16-18-6-3-2-4-7-18/h2-4,6-7,9-12,20H,5,8,13-17H2,1H3,(H,25,30)(H,27,32). The van der Waals surface area contributed by atoms with Gasteiger partial charge in [0.05, 0.1) is 7.11 Å². The van der Waals surface area contributed by atoms with Crippen LogP contribution in [0.2, 0.25) is 0 Å². The van der Waals surface area contributed by atoms with E-state index >= 15 is 0 Å². The van der Waals surface area contributed by atoms with Crippen molar-refractivity contribution in [2.75, 3.05) is 20.2 Å². The van der Waals surface area contributed by atoms with Gasteiger partial charge in [-0.3, -0.25) is 19.4 Å². The number of benzene rings is 2. The van der Waals surface area contributed by atoms with E-state index in [2.05, 4.69) is 44.7 Å². The van der Waals surface area contributed by atoms with Crippen molar-refractivity contribution in [2.45, 2.75) is 38.4 Å². The second-order valence-electron chi connectivity index (χ2n) is 8.11. The first-order valence-electron chi connectivity index (χ1n) is 11.0. The molecule has 1 atom stereocenters. The molecule has 7 nitrogen and oxygen atoms in total. The Morgan fingerprint density at radius 1 is 1.22 bits per heavy atom. The number of likely N-dealkylation sites (tertiary alicyclic amines) is 1. The smallest absolute Gasteiger partial charge is 0.222 e. The van der Waals surface area contributed by atoms with Crippen LogP contribution in [0, 0.1) is 4.77 Å². The monoisotopic (exact) mass is 451 g/mol. The van der Waals surface area contributed by atoms with Crippen molar-refractivity contribution < 1.29 is 9.53 Å². The lowest BCUT2D eigenvalue weighted by Gasteiger charge is -2.33. The molecule has 8 heteroatoms. The summed E-state index contributed by atoms with van der Waals surface area (Å²) in [5, 5.41) is 10.4. The maximum atomic E-state index is 12.7. The molecule has 0 radical (unpaired) electrons. The van der Waals surface area contributed by atoms with Gasteiger partial charge in [0.25, 0.3) is 0 Å². The molecule has 2 aromatic carbocycles. The SMILES string of the molecule is COc1ccc(-c2n[nH]c(=S)n2CCC(=O)NC2CCCN(Cc3ccccc3)C2)cc1. The lowest BCUT2D eigenvalue weighted by molar-refractivity contribution is -0.122. The number of nitrogens with zero attached hydrogens (tertiary/aromatic N) is 3. The van der Waals surface area contributed by atoms with Gasteiger partial charge in [0.15, 0.2) is 10.6 Å². The third-order valence-electron chi connectivity index (χ3n) is 5.79. The molecule has 0 saturated carbocycles. The molecule has 1 aliphatic rings. The molecule has 1 fully saturated rings. The van der Waals surface area contributed by atoms with Crippen molar-refractivity contribution in [1.29, 1.82) is 0 Å². The van der Waals surface area contributed by atoms with E-state index in [1.807, 2.05) is 34.9 Å². The van der Waals surface area contributed by atoms with Crippen molar-refractivity contribution in [2.24, 2.45) is 0 Å². The zero-order chi connectivity index (χ0) is 22.3. The van der Waals surface area contributed by atoms with E-state index in [1.165, 1.54) is 5.56 Å². The van der Waals surface area contributed by atoms with Gasteiger partial charge in [0.2, 0.25) is 5.91 Å². The summed E-state index contributed by atoms with van der Waals surface area (Å²) in [7, 11) is 1.64. The third kappa shape index (κ3) is 5.63. The molecule has 0 spiro atoms. The second kappa shape index (κ2) is 10.6. The summed E-state index contributed by atoms with van der Waals surface area (Å²) < 4.78 is 7.60. The summed E-state index contributed by atoms with van der Waals surface area (Å²) in [6.07, 6.45) is 2.46. The maximum Gasteiger partial charge on any atom is 0.222 e. The predicted octanol–water partition coefficient (Wildman–Crippen LogP) is 3.79. The molecule has 1 aliphatic heterocycles. The van der Waals surface area contributed by atoms with Crippen molar-refractivity contribution in [3.63, 3.8) is 0 Å². The van der Waals surface area contributed by atoms with Gasteiger partial charge >= 0.3 is 0 Å². The van der Waals surface area contributed by atoms with Crippen LogP contribution in [0.4, 0.5) is 0 Å². The highest BCUT2D eigenvalue weighted by molar-refractivity contribution is 7.71. The number of amides is 1. The van der Waals surface area contributed by atoms with Crippen LogP contribution in [0.3, 0.4) is 0 Å². The minimum Gasteiger partial charge on any atom is -0.497 e. The fourth-order valence-electron chi connectivity index (χ4n) is 4.16. The first-order chi connectivity index (χ1) is 15.6. The van der Waals surface area contributed by atoms with Crippen molar-refractivity contribution >= 4 is 18.1 Å². The number of carbonyl (C=O) groups excluding carboxylic acids is 1. The van der Waals surface area contributed by atoms with E-state index in [0.29, 0.717) is 17.7 Å². The Hall–Kier alpha value is -2.97. The molecule has 3 aromatic rings. The average Bonchev–Trinajstić information content (AvgIpc) is 3.19. The minimum absolute atomic E-state index is 0.0420. The van der Waals surface area contributed by atoms with Crippen LogP contribution in [0.1, 0.15) is 24.8 Å². The highest BCUT2D eigenvalue weighted by Gasteiger charge is 2.21. The molecule has 2 heterocycles. The van der Waals surface area contributed by atoms with Gasteiger partial charge in [-0.15, -0.1) is 0 Å². The van der Waals surface area contributed by atoms with Gasteiger partial charge in [-0.05, 0) is 61.4 Å². The summed E-state index contributed by atoms with van der Waals surface area (Å²) in [5.74, 6) is 1.54. The Bertz CT molecular complexity index is 1080. The molecule has 0 bridgehead atoms. The number of aromatic nitrogens is 3. The lowest BCUT2D eigenvalue weighted by Crippen LogP contribution is -2.47. The molecular formula is C24H29N5O2S. The van der Waals surface area contributed by atoms with Gasteiger partial charge in [-0.1, -0.05) is 30.3 Å². The van der Waals surface area contributed by atoms with Gasteiger partial charge in [0.1, 0.15) is 5.75 Å². The van der Waals surface area contributed by atoms with E-state index in [4.69, 9.17) is 17.0 Å². The zero-order valence-electron chi connectivity index (χ0n) is 18.3. The fourth-order valence-corrected chi connectivity index (χ4v) is 4.38. The Kier molecular flexibility index (Phi) is 7.34. The van der Waals surface area contributed by atoms with Crippen LogP contribution in [-0.2, 0) is 17.9 Å². The number of piperidine rings is 1. The van der Waals surface area contributed by atoms with Gasteiger partial charge in [0, 0.05) is 37.7 Å². The molecule has 32 heavy (non-hydrogen) atoms. The van der Waals surface area contributed by atoms with Crippen LogP contribution >= 0.6 is 12.2 Å². The van der Waals surface area contributed by atoms with Crippen LogP contribution in [-0.4, -0.2) is 51.8 Å². The highest BCUT2D eigenvalue weighted by atomic mass is 32.1. The summed E-state index contributed by atoms with van der Waals surface area (Å²) in [5.41, 5.74) is 2.22. The third-order valence-corrected chi connectivity index (χ3v) is 6.10. The molecule has 1 aromatic heterocycles. The predicted molar refractivity (Wildman–Crippen MR) is 127 cm³/mol. The van der Waals surface area contributed by atoms with Crippen LogP contribution in [0.5, 0.6) is 5.75 Å². The molecule has 1 saturated heterocycles. The quantitative estimate of drug-likeness (QED) is 0.510. The van der Waals surface area contributed by atoms with E-state index in [1.54, 1.807) is 7.11 Å². The number of hydrogen-bond acceptors (Lipinski definition) is 5. The van der Waals surface area contributed by atoms with E-state index in [-0.39, 0.29) is 11.9 Å². The van der Waals surface area contributed by atoms with Gasteiger partial charge in [-0.25, -0.2) is 0 Å². The molecule has 1 amide bonds. The van der Waals surface area contributed by atoms with Crippen LogP contribution in [0.15, 0.2) is 54.6 Å². The van der Waals surface area contributed by atoms with Gasteiger partial charge in [-0.2, -0.15) is 5.10 Å². The number of carbonyl (C=O) groups is 1. The number of aromatic amines is 1. The van der Waals surface area contributed by atoms with E-state index in [0.717, 1.165) is 49.6 Å². The molecule has 4 rings (SSSR count). The van der Waals surface area contributed by atoms with Gasteiger partial charge < -0.3 is 10.1 Å². The molecular weight excluding hydrogens is 422 g/mol. The Balaban J connectivity index is 1.32. The number of rotatable bonds is 8. The number of hydrogen-bond donors (Lipinski definition) is 2. The van der Waals surface area contributed by atoms with E-state index < -0.39 is 0 Å². The zero-order valence-corrected chi connectivity index (χ0v) is 19.1. The largest absolute Gasteiger partial charge is 0.497 e. The summed E-state index contributed by atoms with van der Waals surface area (Å²) in [6.45, 7) is 3.34. The summed E-state index contributed by atoms with van der Waals surface area (Å²) >= 11 is 5.39. The topological polar surface area (TPSA) is 75.2 Å². The highest BCUT2D eigenvalue weighted by Crippen LogP contribution is 2.21. The fraction of sp³-hybridized carbons (Fsp3) is 0.375. The van der Waals surface area contributed by atoms with Crippen molar-refractivity contribution in [1.82, 2.24) is 25.0 Å². The van der Waals surface area contributed by atoms with Crippen LogP contribution < -0.4 is 10.1 Å². The average molecular weight is 452 g/mol. The summed E-state index contributed by atoms with van der Waals surface area (Å²) in [6, 6.07) is 18.3. The first kappa shape index (κ1) is 22.2. The Morgan fingerprint density at radius 2 is 2.00 bits per heavy atom. The van der Waals surface area contributed by atoms with E-state index in [9.17, 15) is 4.79 Å². The number of nitrogens with one attached hydrogen (secondary N) is 2. The van der Waals surface area contributed by atoms with Crippen molar-refractivity contribution in [3.05, 3.63) is 64.9 Å². The Morgan fingerprint density at radius 3 is 2.75 bits per heavy atom. The van der Waals surface area contributed by atoms with Crippen LogP contribution in [0.25, 0.3) is 11.4 Å². The lowest BCUT2D eigenvalue weighted by atomic mass is 10.0. The summed E-state index contributed by atoms with van der Waals surface area (Å²) in [4.78, 5) is 15.1. The molecule has 0 aliphatic carbocycles. The molecule has 2 N–H and O–H groups in total. The van der Waals surface area contributed by atoms with Crippen molar-refractivity contribution in [3.8, 4) is 17.1 Å². The normalized spacial score (nSPS) is 16.6. The number of ether oxygens (including phenoxy) is 1. The molecule has 1 unspecified atom stereocenters. The number of H-pyrrole nitrogens is 1. The second-order valence-corrected chi connectivity index (χ2v) is 8.50. The number of methoxy groups -OCH3 is 1.